The van der Waals surface area contributed by atoms with E-state index in [2.05, 4.69) is 4.72 Å². The Balaban J connectivity index is 2.19. The predicted octanol–water partition coefficient (Wildman–Crippen LogP) is 2.92. The highest BCUT2D eigenvalue weighted by molar-refractivity contribution is 7.89. The SMILES string of the molecule is Cc1cccc(CNS(=O)(=O)c2ccc(F)cc2C)c1. The molecule has 0 spiro atoms. The Morgan fingerprint density at radius 2 is 1.85 bits per heavy atom. The highest BCUT2D eigenvalue weighted by Gasteiger charge is 2.16. The molecule has 0 aliphatic heterocycles. The van der Waals surface area contributed by atoms with Crippen LogP contribution in [0.5, 0.6) is 0 Å². The fourth-order valence-corrected chi connectivity index (χ4v) is 3.23. The molecule has 0 aromatic heterocycles. The fourth-order valence-electron chi connectivity index (χ4n) is 1.99. The van der Waals surface area contributed by atoms with Crippen molar-refractivity contribution >= 4 is 10.0 Å². The average molecular weight is 293 g/mol. The summed E-state index contributed by atoms with van der Waals surface area (Å²) in [4.78, 5) is 0.103. The third kappa shape index (κ3) is 3.43. The first-order chi connectivity index (χ1) is 9.38. The summed E-state index contributed by atoms with van der Waals surface area (Å²) < 4.78 is 39.9. The Hall–Kier alpha value is -1.72. The van der Waals surface area contributed by atoms with Crippen molar-refractivity contribution in [1.29, 1.82) is 0 Å². The number of aryl methyl sites for hydroxylation is 2. The van der Waals surface area contributed by atoms with Gasteiger partial charge in [-0.05, 0) is 43.2 Å². The van der Waals surface area contributed by atoms with E-state index in [1.807, 2.05) is 31.2 Å². The van der Waals surface area contributed by atoms with Crippen molar-refractivity contribution in [2.75, 3.05) is 0 Å². The van der Waals surface area contributed by atoms with E-state index in [0.717, 1.165) is 17.2 Å². The minimum Gasteiger partial charge on any atom is -0.207 e. The summed E-state index contributed by atoms with van der Waals surface area (Å²) in [5.74, 6) is -0.444. The summed E-state index contributed by atoms with van der Waals surface area (Å²) in [7, 11) is -3.64. The molecule has 2 aromatic rings. The first kappa shape index (κ1) is 14.7. The maximum Gasteiger partial charge on any atom is 0.241 e. The van der Waals surface area contributed by atoms with Gasteiger partial charge in [0.25, 0.3) is 0 Å². The van der Waals surface area contributed by atoms with Crippen LogP contribution in [0.15, 0.2) is 47.4 Å². The summed E-state index contributed by atoms with van der Waals surface area (Å²) in [6.07, 6.45) is 0. The predicted molar refractivity (Wildman–Crippen MR) is 76.3 cm³/mol. The molecule has 2 rings (SSSR count). The smallest absolute Gasteiger partial charge is 0.207 e. The van der Waals surface area contributed by atoms with Crippen LogP contribution < -0.4 is 4.72 Å². The topological polar surface area (TPSA) is 46.2 Å². The van der Waals surface area contributed by atoms with Crippen molar-refractivity contribution in [2.24, 2.45) is 0 Å². The molecule has 0 unspecified atom stereocenters. The second-order valence-electron chi connectivity index (χ2n) is 4.72. The van der Waals surface area contributed by atoms with Gasteiger partial charge in [-0.3, -0.25) is 0 Å². The van der Waals surface area contributed by atoms with Crippen LogP contribution in [-0.2, 0) is 16.6 Å². The van der Waals surface area contributed by atoms with Crippen LogP contribution in [0.3, 0.4) is 0 Å². The van der Waals surface area contributed by atoms with Crippen LogP contribution in [0.25, 0.3) is 0 Å². The number of sulfonamides is 1. The van der Waals surface area contributed by atoms with Crippen LogP contribution in [0.2, 0.25) is 0 Å². The van der Waals surface area contributed by atoms with E-state index < -0.39 is 15.8 Å². The maximum atomic E-state index is 13.0. The molecule has 0 saturated carbocycles. The van der Waals surface area contributed by atoms with Gasteiger partial charge in [0, 0.05) is 6.54 Å². The van der Waals surface area contributed by atoms with Crippen molar-refractivity contribution in [2.45, 2.75) is 25.3 Å². The molecule has 0 bridgehead atoms. The van der Waals surface area contributed by atoms with Crippen molar-refractivity contribution < 1.29 is 12.8 Å². The van der Waals surface area contributed by atoms with Gasteiger partial charge in [-0.25, -0.2) is 17.5 Å². The van der Waals surface area contributed by atoms with E-state index in [1.54, 1.807) is 6.92 Å². The lowest BCUT2D eigenvalue weighted by Gasteiger charge is -2.09. The molecule has 0 aliphatic rings. The molecule has 0 heterocycles. The van der Waals surface area contributed by atoms with Crippen LogP contribution in [0, 0.1) is 19.7 Å². The molecule has 0 saturated heterocycles. The van der Waals surface area contributed by atoms with E-state index in [1.165, 1.54) is 12.1 Å². The third-order valence-corrected chi connectivity index (χ3v) is 4.54. The lowest BCUT2D eigenvalue weighted by molar-refractivity contribution is 0.579. The molecule has 5 heteroatoms. The monoisotopic (exact) mass is 293 g/mol. The molecule has 0 radical (unpaired) electrons. The first-order valence-electron chi connectivity index (χ1n) is 6.20. The van der Waals surface area contributed by atoms with Crippen LogP contribution in [0.4, 0.5) is 4.39 Å². The number of halogens is 1. The normalized spacial score (nSPS) is 11.6. The molecule has 0 amide bonds. The van der Waals surface area contributed by atoms with Gasteiger partial charge in [-0.15, -0.1) is 0 Å². The highest BCUT2D eigenvalue weighted by Crippen LogP contribution is 2.16. The summed E-state index contributed by atoms with van der Waals surface area (Å²) >= 11 is 0. The zero-order valence-electron chi connectivity index (χ0n) is 11.4. The maximum absolute atomic E-state index is 13.0. The summed E-state index contributed by atoms with van der Waals surface area (Å²) in [5, 5.41) is 0. The number of hydrogen-bond donors (Lipinski definition) is 1. The van der Waals surface area contributed by atoms with Crippen molar-refractivity contribution in [3.8, 4) is 0 Å². The Morgan fingerprint density at radius 1 is 1.10 bits per heavy atom. The zero-order chi connectivity index (χ0) is 14.8. The highest BCUT2D eigenvalue weighted by atomic mass is 32.2. The van der Waals surface area contributed by atoms with Crippen molar-refractivity contribution in [1.82, 2.24) is 4.72 Å². The number of benzene rings is 2. The van der Waals surface area contributed by atoms with E-state index in [-0.39, 0.29) is 11.4 Å². The van der Waals surface area contributed by atoms with Crippen LogP contribution in [0.1, 0.15) is 16.7 Å². The molecule has 3 nitrogen and oxygen atoms in total. The molecular formula is C15H16FNO2S. The van der Waals surface area contributed by atoms with Gasteiger partial charge in [-0.2, -0.15) is 0 Å². The molecular weight excluding hydrogens is 277 g/mol. The summed E-state index contributed by atoms with van der Waals surface area (Å²) in [5.41, 5.74) is 2.34. The number of rotatable bonds is 4. The minimum absolute atomic E-state index is 0.103. The molecule has 20 heavy (non-hydrogen) atoms. The Bertz CT molecular complexity index is 726. The standard InChI is InChI=1S/C15H16FNO2S/c1-11-4-3-5-13(8-11)10-17-20(18,19)15-7-6-14(16)9-12(15)2/h3-9,17H,10H2,1-2H3. The van der Waals surface area contributed by atoms with Gasteiger partial charge in [0.15, 0.2) is 0 Å². The Kier molecular flexibility index (Phi) is 4.20. The molecule has 106 valence electrons. The van der Waals surface area contributed by atoms with Gasteiger partial charge >= 0.3 is 0 Å². The molecule has 0 fully saturated rings. The van der Waals surface area contributed by atoms with Crippen LogP contribution >= 0.6 is 0 Å². The van der Waals surface area contributed by atoms with Crippen molar-refractivity contribution in [3.05, 3.63) is 65.0 Å². The molecule has 0 aliphatic carbocycles. The Morgan fingerprint density at radius 3 is 2.50 bits per heavy atom. The van der Waals surface area contributed by atoms with E-state index >= 15 is 0 Å². The lowest BCUT2D eigenvalue weighted by atomic mass is 10.1. The van der Waals surface area contributed by atoms with Gasteiger partial charge < -0.3 is 0 Å². The van der Waals surface area contributed by atoms with Gasteiger partial charge in [0.1, 0.15) is 5.82 Å². The van der Waals surface area contributed by atoms with Gasteiger partial charge in [0.05, 0.1) is 4.90 Å². The first-order valence-corrected chi connectivity index (χ1v) is 7.68. The zero-order valence-corrected chi connectivity index (χ0v) is 12.2. The third-order valence-electron chi connectivity index (χ3n) is 2.98. The minimum atomic E-state index is -3.64. The van der Waals surface area contributed by atoms with Gasteiger partial charge in [-0.1, -0.05) is 29.8 Å². The molecule has 0 atom stereocenters. The van der Waals surface area contributed by atoms with Crippen LogP contribution in [-0.4, -0.2) is 8.42 Å². The summed E-state index contributed by atoms with van der Waals surface area (Å²) in [6.45, 7) is 3.73. The van der Waals surface area contributed by atoms with E-state index in [9.17, 15) is 12.8 Å². The largest absolute Gasteiger partial charge is 0.241 e. The van der Waals surface area contributed by atoms with Gasteiger partial charge in [0.2, 0.25) is 10.0 Å². The van der Waals surface area contributed by atoms with E-state index in [4.69, 9.17) is 0 Å². The molecule has 2 aromatic carbocycles. The second kappa shape index (κ2) is 5.73. The lowest BCUT2D eigenvalue weighted by Crippen LogP contribution is -2.24. The van der Waals surface area contributed by atoms with E-state index in [0.29, 0.717) is 5.56 Å². The van der Waals surface area contributed by atoms with Crippen molar-refractivity contribution in [3.63, 3.8) is 0 Å². The average Bonchev–Trinajstić information content (AvgIpc) is 2.36. The Labute approximate surface area is 118 Å². The quantitative estimate of drug-likeness (QED) is 0.942. The fraction of sp³-hybridized carbons (Fsp3) is 0.200. The molecule has 1 N–H and O–H groups in total. The number of nitrogens with one attached hydrogen (secondary N) is 1. The second-order valence-corrected chi connectivity index (χ2v) is 6.46. The summed E-state index contributed by atoms with van der Waals surface area (Å²) in [6, 6.07) is 11.2. The number of hydrogen-bond acceptors (Lipinski definition) is 2.